The van der Waals surface area contributed by atoms with Crippen LogP contribution in [0, 0.1) is 0 Å². The molecule has 1 heterocycles. The molecule has 4 rings (SSSR count). The summed E-state index contributed by atoms with van der Waals surface area (Å²) in [5.74, 6) is 1.02. The molecule has 2 N–H and O–H groups in total. The van der Waals surface area contributed by atoms with Gasteiger partial charge in [0, 0.05) is 16.5 Å². The third-order valence-electron chi connectivity index (χ3n) is 3.80. The van der Waals surface area contributed by atoms with Crippen LogP contribution in [0.3, 0.4) is 0 Å². The van der Waals surface area contributed by atoms with Crippen LogP contribution in [0.2, 0.25) is 5.02 Å². The zero-order chi connectivity index (χ0) is 14.6. The zero-order valence-corrected chi connectivity index (χ0v) is 11.7. The fourth-order valence-corrected chi connectivity index (χ4v) is 2.98. The Labute approximate surface area is 126 Å². The summed E-state index contributed by atoms with van der Waals surface area (Å²) in [6, 6.07) is 12.5. The first kappa shape index (κ1) is 12.4. The SMILES string of the molecule is Oc1ccc2c(c1)COc1cc3c(Cl)c(O)ccc3cc1-2. The van der Waals surface area contributed by atoms with Crippen LogP contribution in [-0.2, 0) is 6.61 Å². The molecule has 0 aliphatic carbocycles. The summed E-state index contributed by atoms with van der Waals surface area (Å²) in [7, 11) is 0. The minimum atomic E-state index is 0.0604. The predicted octanol–water partition coefficient (Wildman–Crippen LogP) is 4.46. The molecule has 0 saturated carbocycles. The molecule has 1 aliphatic heterocycles. The lowest BCUT2D eigenvalue weighted by molar-refractivity contribution is 0.302. The van der Waals surface area contributed by atoms with E-state index in [1.54, 1.807) is 18.2 Å². The highest BCUT2D eigenvalue weighted by molar-refractivity contribution is 6.37. The lowest BCUT2D eigenvalue weighted by atomic mass is 9.94. The van der Waals surface area contributed by atoms with Crippen LogP contribution in [0.1, 0.15) is 5.56 Å². The fraction of sp³-hybridized carbons (Fsp3) is 0.0588. The van der Waals surface area contributed by atoms with Crippen molar-refractivity contribution in [3.63, 3.8) is 0 Å². The summed E-state index contributed by atoms with van der Waals surface area (Å²) < 4.78 is 5.76. The van der Waals surface area contributed by atoms with Gasteiger partial charge in [-0.3, -0.25) is 0 Å². The first-order valence-corrected chi connectivity index (χ1v) is 6.91. The molecule has 0 unspecified atom stereocenters. The monoisotopic (exact) mass is 298 g/mol. The van der Waals surface area contributed by atoms with Gasteiger partial charge in [-0.25, -0.2) is 0 Å². The Hall–Kier alpha value is -2.39. The second-order valence-electron chi connectivity index (χ2n) is 5.10. The van der Waals surface area contributed by atoms with Gasteiger partial charge >= 0.3 is 0 Å². The summed E-state index contributed by atoms with van der Waals surface area (Å²) >= 11 is 6.15. The summed E-state index contributed by atoms with van der Waals surface area (Å²) in [6.45, 7) is 0.401. The maximum atomic E-state index is 9.71. The molecule has 0 atom stereocenters. The third kappa shape index (κ3) is 1.82. The van der Waals surface area contributed by atoms with Crippen molar-refractivity contribution >= 4 is 22.4 Å². The van der Waals surface area contributed by atoms with Crippen molar-refractivity contribution in [2.75, 3.05) is 0 Å². The van der Waals surface area contributed by atoms with Crippen molar-refractivity contribution in [2.45, 2.75) is 6.61 Å². The minimum absolute atomic E-state index is 0.0604. The van der Waals surface area contributed by atoms with Gasteiger partial charge in [0.1, 0.15) is 23.9 Å². The van der Waals surface area contributed by atoms with Crippen LogP contribution < -0.4 is 4.74 Å². The minimum Gasteiger partial charge on any atom is -0.508 e. The third-order valence-corrected chi connectivity index (χ3v) is 4.19. The number of aromatic hydroxyl groups is 2. The molecule has 3 aromatic carbocycles. The first-order valence-electron chi connectivity index (χ1n) is 6.54. The molecule has 1 aliphatic rings. The van der Waals surface area contributed by atoms with Crippen molar-refractivity contribution in [2.24, 2.45) is 0 Å². The number of fused-ring (bicyclic) bond motifs is 4. The molecule has 0 bridgehead atoms. The zero-order valence-electron chi connectivity index (χ0n) is 10.9. The highest BCUT2D eigenvalue weighted by Crippen LogP contribution is 2.43. The van der Waals surface area contributed by atoms with E-state index in [4.69, 9.17) is 16.3 Å². The van der Waals surface area contributed by atoms with E-state index in [0.29, 0.717) is 11.6 Å². The van der Waals surface area contributed by atoms with E-state index in [1.807, 2.05) is 24.3 Å². The average Bonchev–Trinajstić information content (AvgIpc) is 2.49. The number of phenols is 2. The molecule has 0 fully saturated rings. The van der Waals surface area contributed by atoms with E-state index in [9.17, 15) is 10.2 Å². The lowest BCUT2D eigenvalue weighted by Gasteiger charge is -2.22. The molecule has 4 heteroatoms. The summed E-state index contributed by atoms with van der Waals surface area (Å²) in [5, 5.41) is 21.3. The van der Waals surface area contributed by atoms with Gasteiger partial charge in [0.2, 0.25) is 0 Å². The molecule has 0 amide bonds. The molecular weight excluding hydrogens is 288 g/mol. The van der Waals surface area contributed by atoms with Crippen LogP contribution in [0.25, 0.3) is 21.9 Å². The van der Waals surface area contributed by atoms with Crippen LogP contribution >= 0.6 is 11.6 Å². The Kier molecular flexibility index (Phi) is 2.53. The van der Waals surface area contributed by atoms with Crippen molar-refractivity contribution in [3.8, 4) is 28.4 Å². The van der Waals surface area contributed by atoms with Gasteiger partial charge < -0.3 is 14.9 Å². The van der Waals surface area contributed by atoms with Crippen LogP contribution in [0.4, 0.5) is 0 Å². The second-order valence-corrected chi connectivity index (χ2v) is 5.48. The van der Waals surface area contributed by atoms with E-state index in [2.05, 4.69) is 0 Å². The first-order chi connectivity index (χ1) is 10.1. The number of benzene rings is 3. The summed E-state index contributed by atoms with van der Waals surface area (Å²) in [4.78, 5) is 0. The molecule has 3 nitrogen and oxygen atoms in total. The van der Waals surface area contributed by atoms with Crippen molar-refractivity contribution < 1.29 is 14.9 Å². The number of hydrogen-bond acceptors (Lipinski definition) is 3. The Morgan fingerprint density at radius 2 is 1.81 bits per heavy atom. The Bertz CT molecular complexity index is 887. The standard InChI is InChI=1S/C17H11ClO3/c18-17-13-7-16-14(6-9(13)1-4-15(17)20)12-3-2-11(19)5-10(12)8-21-16/h1-7,19-20H,8H2. The van der Waals surface area contributed by atoms with E-state index in [0.717, 1.165) is 33.2 Å². The summed E-state index contributed by atoms with van der Waals surface area (Å²) in [6.07, 6.45) is 0. The van der Waals surface area contributed by atoms with Gasteiger partial charge in [-0.05, 0) is 41.3 Å². The molecule has 0 saturated heterocycles. The number of phenolic OH excluding ortho intramolecular Hbond substituents is 2. The van der Waals surface area contributed by atoms with Gasteiger partial charge in [0.15, 0.2) is 0 Å². The lowest BCUT2D eigenvalue weighted by Crippen LogP contribution is -2.05. The molecule has 21 heavy (non-hydrogen) atoms. The Morgan fingerprint density at radius 3 is 2.67 bits per heavy atom. The number of halogens is 1. The van der Waals surface area contributed by atoms with Crippen molar-refractivity contribution in [1.29, 1.82) is 0 Å². The largest absolute Gasteiger partial charge is 0.508 e. The second kappa shape index (κ2) is 4.30. The van der Waals surface area contributed by atoms with Gasteiger partial charge in [-0.15, -0.1) is 0 Å². The molecule has 0 spiro atoms. The maximum Gasteiger partial charge on any atom is 0.134 e. The molecule has 3 aromatic rings. The van der Waals surface area contributed by atoms with Gasteiger partial charge in [-0.1, -0.05) is 23.7 Å². The molecule has 0 radical (unpaired) electrons. The molecular formula is C17H11ClO3. The summed E-state index contributed by atoms with van der Waals surface area (Å²) in [5.41, 5.74) is 2.96. The van der Waals surface area contributed by atoms with Gasteiger partial charge in [-0.2, -0.15) is 0 Å². The Morgan fingerprint density at radius 1 is 0.952 bits per heavy atom. The number of ether oxygens (including phenoxy) is 1. The number of hydrogen-bond donors (Lipinski definition) is 2. The topological polar surface area (TPSA) is 49.7 Å². The highest BCUT2D eigenvalue weighted by atomic mass is 35.5. The molecule has 0 aromatic heterocycles. The van der Waals surface area contributed by atoms with Gasteiger partial charge in [0.25, 0.3) is 0 Å². The Balaban J connectivity index is 2.03. The van der Waals surface area contributed by atoms with E-state index >= 15 is 0 Å². The van der Waals surface area contributed by atoms with Crippen molar-refractivity contribution in [3.05, 3.63) is 53.1 Å². The maximum absolute atomic E-state index is 9.71. The van der Waals surface area contributed by atoms with E-state index in [-0.39, 0.29) is 11.5 Å². The van der Waals surface area contributed by atoms with Crippen molar-refractivity contribution in [1.82, 2.24) is 0 Å². The van der Waals surface area contributed by atoms with Crippen LogP contribution in [0.15, 0.2) is 42.5 Å². The molecule has 104 valence electrons. The quantitative estimate of drug-likeness (QED) is 0.644. The average molecular weight is 299 g/mol. The fourth-order valence-electron chi connectivity index (χ4n) is 2.75. The van der Waals surface area contributed by atoms with Crippen LogP contribution in [-0.4, -0.2) is 10.2 Å². The van der Waals surface area contributed by atoms with Gasteiger partial charge in [0.05, 0.1) is 5.02 Å². The smallest absolute Gasteiger partial charge is 0.134 e. The highest BCUT2D eigenvalue weighted by Gasteiger charge is 2.19. The number of rotatable bonds is 0. The van der Waals surface area contributed by atoms with E-state index in [1.165, 1.54) is 0 Å². The van der Waals surface area contributed by atoms with E-state index < -0.39 is 0 Å². The predicted molar refractivity (Wildman–Crippen MR) is 82.1 cm³/mol. The normalized spacial score (nSPS) is 12.6. The van der Waals surface area contributed by atoms with Crippen LogP contribution in [0.5, 0.6) is 17.2 Å².